The predicted molar refractivity (Wildman–Crippen MR) is 113 cm³/mol. The second-order valence-electron chi connectivity index (χ2n) is 8.05. The van der Waals surface area contributed by atoms with Gasteiger partial charge in [0, 0.05) is 20.6 Å². The van der Waals surface area contributed by atoms with Crippen LogP contribution in [0.25, 0.3) is 0 Å². The fourth-order valence-corrected chi connectivity index (χ4v) is 8.15. The van der Waals surface area contributed by atoms with E-state index >= 15 is 0 Å². The van der Waals surface area contributed by atoms with E-state index in [2.05, 4.69) is 33.9 Å². The van der Waals surface area contributed by atoms with Gasteiger partial charge in [-0.1, -0.05) is 44.0 Å². The molecule has 0 N–H and O–H groups in total. The Morgan fingerprint density at radius 1 is 1.42 bits per heavy atom. The summed E-state index contributed by atoms with van der Waals surface area (Å²) >= 11 is 7.19. The van der Waals surface area contributed by atoms with Crippen LogP contribution in [0, 0.1) is 0 Å². The minimum atomic E-state index is -1.99. The summed E-state index contributed by atoms with van der Waals surface area (Å²) in [5.74, 6) is 0.751. The molecule has 1 spiro atoms. The van der Waals surface area contributed by atoms with Crippen LogP contribution >= 0.6 is 25.7 Å². The minimum Gasteiger partial charge on any atom is -0.409 e. The van der Waals surface area contributed by atoms with Gasteiger partial charge in [0.2, 0.25) is 0 Å². The molecule has 24 heavy (non-hydrogen) atoms. The van der Waals surface area contributed by atoms with Crippen LogP contribution in [-0.4, -0.2) is 65.7 Å². The highest BCUT2D eigenvalue weighted by Crippen LogP contribution is 2.63. The molecule has 2 rings (SSSR count). The summed E-state index contributed by atoms with van der Waals surface area (Å²) in [6, 6.07) is -0.502. The lowest BCUT2D eigenvalue weighted by molar-refractivity contribution is -0.0642. The van der Waals surface area contributed by atoms with E-state index < -0.39 is 25.4 Å². The number of ether oxygens (including phenoxy) is 1. The van der Waals surface area contributed by atoms with E-state index in [-0.39, 0.29) is 17.2 Å². The van der Waals surface area contributed by atoms with Crippen molar-refractivity contribution >= 4 is 53.6 Å². The van der Waals surface area contributed by atoms with Crippen molar-refractivity contribution in [3.63, 3.8) is 0 Å². The van der Waals surface area contributed by atoms with E-state index in [9.17, 15) is 0 Å². The Labute approximate surface area is 160 Å². The molecule has 0 aliphatic carbocycles. The highest BCUT2D eigenvalue weighted by molar-refractivity contribution is 8.69. The summed E-state index contributed by atoms with van der Waals surface area (Å²) in [5, 5.41) is 0.101. The first-order valence-electron chi connectivity index (χ1n) is 8.14. The van der Waals surface area contributed by atoms with Gasteiger partial charge < -0.3 is 18.2 Å². The van der Waals surface area contributed by atoms with Crippen LogP contribution in [0.2, 0.25) is 18.1 Å². The molecule has 0 amide bonds. The van der Waals surface area contributed by atoms with E-state index in [4.69, 9.17) is 37.9 Å². The van der Waals surface area contributed by atoms with Crippen LogP contribution in [0.15, 0.2) is 0 Å². The molecule has 6 atom stereocenters. The molecule has 138 valence electrons. The summed E-state index contributed by atoms with van der Waals surface area (Å²) in [5.41, 5.74) is -2.33. The maximum absolute atomic E-state index is 6.61. The molecule has 10 heteroatoms. The summed E-state index contributed by atoms with van der Waals surface area (Å²) in [4.78, 5) is 0. The van der Waals surface area contributed by atoms with Gasteiger partial charge >= 0.3 is 0 Å². The molecule has 0 aromatic rings. The molecular weight excluding hydrogens is 397 g/mol. The predicted octanol–water partition coefficient (Wildman–Crippen LogP) is 3.95. The summed E-state index contributed by atoms with van der Waals surface area (Å²) in [6.45, 7) is 15.6. The maximum atomic E-state index is 6.61. The van der Waals surface area contributed by atoms with Gasteiger partial charge in [-0.2, -0.15) is 0 Å². The van der Waals surface area contributed by atoms with Crippen molar-refractivity contribution in [3.8, 4) is 0 Å². The van der Waals surface area contributed by atoms with Crippen molar-refractivity contribution < 1.29 is 18.2 Å². The normalized spacial score (nSPS) is 41.5. The molecule has 2 heterocycles. The van der Waals surface area contributed by atoms with Gasteiger partial charge in [0.25, 0.3) is 0 Å². The van der Waals surface area contributed by atoms with Crippen molar-refractivity contribution in [3.05, 3.63) is 0 Å². The monoisotopic (exact) mass is 426 g/mol. The molecule has 0 aromatic carbocycles. The van der Waals surface area contributed by atoms with Gasteiger partial charge in [0.1, 0.15) is 25.0 Å². The maximum Gasteiger partial charge on any atom is 0.192 e. The summed E-state index contributed by atoms with van der Waals surface area (Å²) in [6.07, 6.45) is -0.483. The lowest BCUT2D eigenvalue weighted by Crippen LogP contribution is -2.54. The third-order valence-corrected chi connectivity index (χ3v) is 15.1. The molecular formula is C14H29BO4P2S2Si. The van der Waals surface area contributed by atoms with Crippen LogP contribution in [-0.2, 0) is 30.0 Å². The highest BCUT2D eigenvalue weighted by atomic mass is 32.9. The van der Waals surface area contributed by atoms with Gasteiger partial charge in [-0.25, -0.2) is 0 Å². The molecule has 3 unspecified atom stereocenters. The fourth-order valence-electron chi connectivity index (χ4n) is 2.59. The lowest BCUT2D eigenvalue weighted by Gasteiger charge is -2.43. The van der Waals surface area contributed by atoms with E-state index in [1.807, 2.05) is 13.3 Å². The smallest absolute Gasteiger partial charge is 0.192 e. The van der Waals surface area contributed by atoms with Crippen LogP contribution < -0.4 is 0 Å². The van der Waals surface area contributed by atoms with Crippen molar-refractivity contribution in [1.29, 1.82) is 0 Å². The summed E-state index contributed by atoms with van der Waals surface area (Å²) in [7, 11) is 4.69. The largest absolute Gasteiger partial charge is 0.409 e. The first kappa shape index (κ1) is 21.8. The van der Waals surface area contributed by atoms with Crippen molar-refractivity contribution in [2.45, 2.75) is 62.7 Å². The van der Waals surface area contributed by atoms with Gasteiger partial charge in [0.05, 0.1) is 12.7 Å². The standard InChI is InChI=1S/C14H29BO4P2S2Si/c1-13(2,3)24(6,7)19-10-11(18-20-4)14(17-12(10)15)8-16-21(5,22)23-9-14/h10-12,20H,8-9H2,1-7H3/t10?,11-,12-,14+,21?/m1/s1. The SMILES string of the molecule is [B][C@@H]1O[C@]2(COP(C)(=S)SC2)[C@H](OPC)C1O[Si](C)(C)C(C)(C)C. The average Bonchev–Trinajstić information content (AvgIpc) is 2.67. The molecule has 2 aliphatic heterocycles. The van der Waals surface area contributed by atoms with Crippen LogP contribution in [0.3, 0.4) is 0 Å². The molecule has 0 saturated carbocycles. The second kappa shape index (κ2) is 7.52. The zero-order valence-electron chi connectivity index (χ0n) is 15.6. The van der Waals surface area contributed by atoms with E-state index in [0.717, 1.165) is 5.75 Å². The molecule has 0 aromatic heterocycles. The van der Waals surface area contributed by atoms with Gasteiger partial charge in [-0.15, -0.1) is 0 Å². The molecule has 2 radical (unpaired) electrons. The molecule has 2 fully saturated rings. The number of hydrogen-bond donors (Lipinski definition) is 0. The zero-order chi connectivity index (χ0) is 18.4. The Morgan fingerprint density at radius 3 is 2.50 bits per heavy atom. The van der Waals surface area contributed by atoms with Crippen molar-refractivity contribution in [2.75, 3.05) is 25.7 Å². The first-order valence-corrected chi connectivity index (χ1v) is 17.2. The second-order valence-corrected chi connectivity index (χ2v) is 21.4. The van der Waals surface area contributed by atoms with Gasteiger partial charge in [-0.3, -0.25) is 0 Å². The van der Waals surface area contributed by atoms with Crippen LogP contribution in [0.5, 0.6) is 0 Å². The van der Waals surface area contributed by atoms with Crippen molar-refractivity contribution in [1.82, 2.24) is 0 Å². The molecule has 4 nitrogen and oxygen atoms in total. The topological polar surface area (TPSA) is 36.9 Å². The summed E-state index contributed by atoms with van der Waals surface area (Å²) < 4.78 is 24.9. The molecule has 0 bridgehead atoms. The minimum absolute atomic E-state index is 0.101. The van der Waals surface area contributed by atoms with E-state index in [1.54, 1.807) is 11.4 Å². The fraction of sp³-hybridized carbons (Fsp3) is 1.00. The van der Waals surface area contributed by atoms with E-state index in [0.29, 0.717) is 15.4 Å². The Hall–Kier alpha value is 1.55. The van der Waals surface area contributed by atoms with Crippen LogP contribution in [0.1, 0.15) is 20.8 Å². The Morgan fingerprint density at radius 2 is 2.04 bits per heavy atom. The number of hydrogen-bond acceptors (Lipinski definition) is 6. The Balaban J connectivity index is 2.24. The van der Waals surface area contributed by atoms with Crippen molar-refractivity contribution in [2.24, 2.45) is 0 Å². The van der Waals surface area contributed by atoms with E-state index in [1.165, 1.54) is 0 Å². The quantitative estimate of drug-likeness (QED) is 0.501. The number of rotatable bonds is 4. The molecule has 2 saturated heterocycles. The molecule has 2 aliphatic rings. The van der Waals surface area contributed by atoms with Gasteiger partial charge in [0.15, 0.2) is 8.32 Å². The zero-order valence-corrected chi connectivity index (χ0v) is 20.1. The average molecular weight is 426 g/mol. The van der Waals surface area contributed by atoms with Crippen LogP contribution in [0.4, 0.5) is 0 Å². The third kappa shape index (κ3) is 4.51. The first-order chi connectivity index (χ1) is 10.8. The Kier molecular flexibility index (Phi) is 6.85. The Bertz CT molecular complexity index is 505. The lowest BCUT2D eigenvalue weighted by atomic mass is 9.90. The highest BCUT2D eigenvalue weighted by Gasteiger charge is 2.58. The van der Waals surface area contributed by atoms with Gasteiger partial charge in [-0.05, 0) is 31.5 Å². The third-order valence-electron chi connectivity index (χ3n) is 5.08.